The van der Waals surface area contributed by atoms with Gasteiger partial charge in [0.25, 0.3) is 0 Å². The van der Waals surface area contributed by atoms with E-state index in [1.807, 2.05) is 24.3 Å². The van der Waals surface area contributed by atoms with Crippen LogP contribution in [0.4, 0.5) is 0 Å². The number of hydrogen-bond donors (Lipinski definition) is 1. The van der Waals surface area contributed by atoms with Gasteiger partial charge in [-0.25, -0.2) is 0 Å². The van der Waals surface area contributed by atoms with Gasteiger partial charge in [0, 0.05) is 28.2 Å². The number of amides is 1. The quantitative estimate of drug-likeness (QED) is 0.786. The van der Waals surface area contributed by atoms with Crippen LogP contribution in [0.2, 0.25) is 10.0 Å². The summed E-state index contributed by atoms with van der Waals surface area (Å²) in [6, 6.07) is 13.0. The van der Waals surface area contributed by atoms with E-state index in [1.54, 1.807) is 31.4 Å². The summed E-state index contributed by atoms with van der Waals surface area (Å²) < 4.78 is 5.10. The molecule has 0 aliphatic heterocycles. The molecule has 0 unspecified atom stereocenters. The van der Waals surface area contributed by atoms with E-state index in [0.717, 1.165) is 17.7 Å². The summed E-state index contributed by atoms with van der Waals surface area (Å²) in [5.41, 5.74) is 1.77. The van der Waals surface area contributed by atoms with Gasteiger partial charge in [0.05, 0.1) is 7.11 Å². The summed E-state index contributed by atoms with van der Waals surface area (Å²) in [5.74, 6) is 0.631. The Balaban J connectivity index is 1.84. The van der Waals surface area contributed by atoms with Crippen molar-refractivity contribution in [3.05, 3.63) is 69.7 Å². The lowest BCUT2D eigenvalue weighted by Gasteiger charge is -2.05. The molecule has 0 saturated heterocycles. The number of hydrogen-bond acceptors (Lipinski definition) is 2. The van der Waals surface area contributed by atoms with Crippen molar-refractivity contribution in [2.24, 2.45) is 0 Å². The largest absolute Gasteiger partial charge is 0.497 e. The Bertz CT molecular complexity index is 676. The minimum atomic E-state index is -0.186. The number of methoxy groups -OCH3 is 1. The molecular weight excluding hydrogens is 333 g/mol. The monoisotopic (exact) mass is 349 g/mol. The fourth-order valence-electron chi connectivity index (χ4n) is 2.01. The van der Waals surface area contributed by atoms with Crippen molar-refractivity contribution < 1.29 is 9.53 Å². The maximum absolute atomic E-state index is 11.8. The van der Waals surface area contributed by atoms with E-state index in [1.165, 1.54) is 6.08 Å². The minimum absolute atomic E-state index is 0.186. The third-order valence-corrected chi connectivity index (χ3v) is 3.93. The van der Waals surface area contributed by atoms with E-state index < -0.39 is 0 Å². The van der Waals surface area contributed by atoms with E-state index in [9.17, 15) is 4.79 Å². The van der Waals surface area contributed by atoms with Crippen LogP contribution in [0.5, 0.6) is 5.75 Å². The summed E-state index contributed by atoms with van der Waals surface area (Å²) in [4.78, 5) is 11.8. The van der Waals surface area contributed by atoms with Crippen LogP contribution >= 0.6 is 23.2 Å². The Hall–Kier alpha value is -1.97. The van der Waals surface area contributed by atoms with Crippen LogP contribution < -0.4 is 10.1 Å². The fraction of sp³-hybridized carbons (Fsp3) is 0.167. The Morgan fingerprint density at radius 2 is 1.78 bits per heavy atom. The first kappa shape index (κ1) is 17.4. The Labute approximate surface area is 145 Å². The highest BCUT2D eigenvalue weighted by Crippen LogP contribution is 2.25. The number of halogens is 2. The van der Waals surface area contributed by atoms with E-state index >= 15 is 0 Å². The van der Waals surface area contributed by atoms with Gasteiger partial charge in [-0.05, 0) is 42.3 Å². The van der Waals surface area contributed by atoms with Gasteiger partial charge in [0.2, 0.25) is 5.91 Å². The van der Waals surface area contributed by atoms with Crippen LogP contribution in [0.1, 0.15) is 11.1 Å². The predicted molar refractivity (Wildman–Crippen MR) is 95.2 cm³/mol. The lowest BCUT2D eigenvalue weighted by Crippen LogP contribution is -2.23. The molecule has 0 bridgehead atoms. The van der Waals surface area contributed by atoms with Crippen molar-refractivity contribution >= 4 is 35.2 Å². The van der Waals surface area contributed by atoms with Gasteiger partial charge in [-0.3, -0.25) is 4.79 Å². The molecule has 2 rings (SSSR count). The van der Waals surface area contributed by atoms with Gasteiger partial charge in [-0.1, -0.05) is 41.4 Å². The lowest BCUT2D eigenvalue weighted by atomic mass is 10.1. The molecule has 5 heteroatoms. The summed E-state index contributed by atoms with van der Waals surface area (Å²) in [5, 5.41) is 3.85. The first-order chi connectivity index (χ1) is 11.1. The van der Waals surface area contributed by atoms with Crippen LogP contribution in [0.15, 0.2) is 48.5 Å². The molecule has 1 amide bonds. The molecule has 2 aromatic rings. The van der Waals surface area contributed by atoms with Crippen molar-refractivity contribution in [2.45, 2.75) is 6.42 Å². The fourth-order valence-corrected chi connectivity index (χ4v) is 2.53. The van der Waals surface area contributed by atoms with Crippen molar-refractivity contribution in [1.82, 2.24) is 5.32 Å². The minimum Gasteiger partial charge on any atom is -0.497 e. The Kier molecular flexibility index (Phi) is 6.51. The molecule has 0 aliphatic rings. The van der Waals surface area contributed by atoms with E-state index in [-0.39, 0.29) is 5.91 Å². The summed E-state index contributed by atoms with van der Waals surface area (Å²) in [6.07, 6.45) is 3.80. The van der Waals surface area contributed by atoms with Gasteiger partial charge in [0.15, 0.2) is 0 Å². The lowest BCUT2D eigenvalue weighted by molar-refractivity contribution is -0.116. The van der Waals surface area contributed by atoms with Crippen molar-refractivity contribution in [1.29, 1.82) is 0 Å². The first-order valence-electron chi connectivity index (χ1n) is 7.13. The molecule has 0 atom stereocenters. The smallest absolute Gasteiger partial charge is 0.244 e. The second kappa shape index (κ2) is 8.61. The number of benzene rings is 2. The van der Waals surface area contributed by atoms with Crippen LogP contribution in [-0.2, 0) is 11.2 Å². The predicted octanol–water partition coefficient (Wildman–Crippen LogP) is 4.37. The number of rotatable bonds is 6. The zero-order valence-corrected chi connectivity index (χ0v) is 14.2. The molecule has 120 valence electrons. The normalized spacial score (nSPS) is 10.7. The Morgan fingerprint density at radius 3 is 2.39 bits per heavy atom. The molecule has 0 aromatic heterocycles. The maximum atomic E-state index is 11.8. The van der Waals surface area contributed by atoms with Gasteiger partial charge < -0.3 is 10.1 Å². The van der Waals surface area contributed by atoms with Gasteiger partial charge in [-0.15, -0.1) is 0 Å². The molecule has 1 N–H and O–H groups in total. The maximum Gasteiger partial charge on any atom is 0.244 e. The number of carbonyl (C=O) groups excluding carboxylic acids is 1. The first-order valence-corrected chi connectivity index (χ1v) is 7.88. The second-order valence-corrected chi connectivity index (χ2v) is 5.67. The van der Waals surface area contributed by atoms with Crippen LogP contribution in [0.3, 0.4) is 0 Å². The van der Waals surface area contributed by atoms with Crippen LogP contribution in [-0.4, -0.2) is 19.6 Å². The molecule has 0 radical (unpaired) electrons. The summed E-state index contributed by atoms with van der Waals surface area (Å²) >= 11 is 12.1. The highest BCUT2D eigenvalue weighted by atomic mass is 35.5. The highest BCUT2D eigenvalue weighted by molar-refractivity contribution is 6.37. The molecule has 23 heavy (non-hydrogen) atoms. The standard InChI is InChI=1S/C18H17Cl2NO2/c1-23-14-7-5-13(6-8-14)11-12-21-18(22)10-9-15-16(19)3-2-4-17(15)20/h2-10H,11-12H2,1H3,(H,21,22)/b10-9+. The average Bonchev–Trinajstić information content (AvgIpc) is 2.55. The third-order valence-electron chi connectivity index (χ3n) is 3.27. The van der Waals surface area contributed by atoms with E-state index in [4.69, 9.17) is 27.9 Å². The Morgan fingerprint density at radius 1 is 1.13 bits per heavy atom. The van der Waals surface area contributed by atoms with Gasteiger partial charge in [-0.2, -0.15) is 0 Å². The van der Waals surface area contributed by atoms with E-state index in [2.05, 4.69) is 5.32 Å². The molecular formula is C18H17Cl2NO2. The second-order valence-electron chi connectivity index (χ2n) is 4.86. The van der Waals surface area contributed by atoms with Crippen molar-refractivity contribution in [3.63, 3.8) is 0 Å². The molecule has 0 heterocycles. The average molecular weight is 350 g/mol. The molecule has 0 saturated carbocycles. The molecule has 3 nitrogen and oxygen atoms in total. The topological polar surface area (TPSA) is 38.3 Å². The summed E-state index contributed by atoms with van der Waals surface area (Å²) in [6.45, 7) is 0.547. The highest BCUT2D eigenvalue weighted by Gasteiger charge is 2.02. The SMILES string of the molecule is COc1ccc(CCNC(=O)/C=C/c2c(Cl)cccc2Cl)cc1. The van der Waals surface area contributed by atoms with Crippen LogP contribution in [0.25, 0.3) is 6.08 Å². The zero-order valence-electron chi connectivity index (χ0n) is 12.7. The van der Waals surface area contributed by atoms with Crippen LogP contribution in [0, 0.1) is 0 Å². The zero-order chi connectivity index (χ0) is 16.7. The van der Waals surface area contributed by atoms with E-state index in [0.29, 0.717) is 22.2 Å². The van der Waals surface area contributed by atoms with Crippen molar-refractivity contribution in [2.75, 3.05) is 13.7 Å². The van der Waals surface area contributed by atoms with Crippen molar-refractivity contribution in [3.8, 4) is 5.75 Å². The summed E-state index contributed by atoms with van der Waals surface area (Å²) in [7, 11) is 1.63. The molecule has 0 spiro atoms. The van der Waals surface area contributed by atoms with Gasteiger partial charge >= 0.3 is 0 Å². The van der Waals surface area contributed by atoms with Gasteiger partial charge in [0.1, 0.15) is 5.75 Å². The third kappa shape index (κ3) is 5.31. The number of nitrogens with one attached hydrogen (secondary N) is 1. The molecule has 2 aromatic carbocycles. The molecule has 0 aliphatic carbocycles. The number of carbonyl (C=O) groups is 1. The molecule has 0 fully saturated rings. The number of ether oxygens (including phenoxy) is 1.